The van der Waals surface area contributed by atoms with Gasteiger partial charge in [-0.05, 0) is 101 Å². The van der Waals surface area contributed by atoms with Crippen LogP contribution in [0.1, 0.15) is 63.3 Å². The van der Waals surface area contributed by atoms with Gasteiger partial charge in [-0.1, -0.05) is 61.1 Å². The molecule has 6 nitrogen and oxygen atoms in total. The van der Waals surface area contributed by atoms with Gasteiger partial charge >= 0.3 is 0 Å². The molecule has 1 aromatic heterocycles. The minimum Gasteiger partial charge on any atom is -0.393 e. The van der Waals surface area contributed by atoms with E-state index in [4.69, 9.17) is 5.10 Å². The second kappa shape index (κ2) is 9.11. The molecule has 4 aliphatic rings. The highest BCUT2D eigenvalue weighted by Gasteiger charge is 2.70. The van der Waals surface area contributed by atoms with Crippen LogP contribution in [0.25, 0.3) is 17.8 Å². The molecular weight excluding hydrogens is 591 g/mol. The minimum atomic E-state index is -1.60. The van der Waals surface area contributed by atoms with E-state index in [0.29, 0.717) is 6.42 Å². The molecule has 6 rings (SSSR count). The summed E-state index contributed by atoms with van der Waals surface area (Å²) in [5.74, 6) is -0.359. The van der Waals surface area contributed by atoms with Crippen molar-refractivity contribution < 1.29 is 20.1 Å². The van der Waals surface area contributed by atoms with E-state index >= 15 is 0 Å². The Balaban J connectivity index is 1.35. The second-order valence-electron chi connectivity index (χ2n) is 12.6. The largest absolute Gasteiger partial charge is 0.393 e. The Bertz CT molecular complexity index is 1330. The Morgan fingerprint density at radius 1 is 1.26 bits per heavy atom. The van der Waals surface area contributed by atoms with Gasteiger partial charge in [0.05, 0.1) is 23.7 Å². The van der Waals surface area contributed by atoms with Gasteiger partial charge in [0.25, 0.3) is 0 Å². The Labute approximate surface area is 238 Å². The number of fused-ring (bicyclic) bond motifs is 6. The third-order valence-corrected chi connectivity index (χ3v) is 11.3. The van der Waals surface area contributed by atoms with Crippen molar-refractivity contribution in [3.8, 4) is 5.69 Å². The van der Waals surface area contributed by atoms with Gasteiger partial charge in [0.1, 0.15) is 12.2 Å². The van der Waals surface area contributed by atoms with Gasteiger partial charge in [-0.15, -0.1) is 0 Å². The molecule has 3 fully saturated rings. The van der Waals surface area contributed by atoms with E-state index in [1.54, 1.807) is 0 Å². The van der Waals surface area contributed by atoms with E-state index in [-0.39, 0.29) is 29.1 Å². The summed E-state index contributed by atoms with van der Waals surface area (Å²) in [6.45, 7) is 5.55. The van der Waals surface area contributed by atoms with Gasteiger partial charge in [0.15, 0.2) is 5.78 Å². The molecule has 0 spiro atoms. The van der Waals surface area contributed by atoms with Crippen molar-refractivity contribution >= 4 is 40.5 Å². The van der Waals surface area contributed by atoms with Crippen LogP contribution in [0.4, 0.5) is 0 Å². The summed E-state index contributed by atoms with van der Waals surface area (Å²) in [7, 11) is 0. The van der Waals surface area contributed by atoms with Crippen LogP contribution in [0.15, 0.2) is 40.1 Å². The highest BCUT2D eigenvalue weighted by molar-refractivity contribution is 14.1. The molecular formula is C31H37IN2O4. The van der Waals surface area contributed by atoms with Gasteiger partial charge in [0.2, 0.25) is 0 Å². The molecule has 2 aromatic rings. The SMILES string of the molecule is C[C@@H]1C[C@H]2[C@@H]3CCC4=Cc5c(cnn5-c5ccc(/C=C\I)cc5)C[C@]4(C)[C@H]3[C@@H](O)C[C@]2(C)[C@@]1(O)C(=O)CO. The number of carbonyl (C=O) groups excluding carboxylic acids is 1. The Kier molecular flexibility index (Phi) is 6.33. The molecule has 0 unspecified atom stereocenters. The van der Waals surface area contributed by atoms with Crippen LogP contribution < -0.4 is 0 Å². The minimum absolute atomic E-state index is 0.0511. The van der Waals surface area contributed by atoms with Crippen molar-refractivity contribution in [2.45, 2.75) is 64.6 Å². The fourth-order valence-electron chi connectivity index (χ4n) is 9.24. The molecule has 4 aliphatic carbocycles. The van der Waals surface area contributed by atoms with E-state index in [0.717, 1.165) is 42.6 Å². The Morgan fingerprint density at radius 2 is 2.00 bits per heavy atom. The van der Waals surface area contributed by atoms with E-state index in [1.165, 1.54) is 11.1 Å². The molecule has 0 amide bonds. The number of ketones is 1. The fraction of sp³-hybridized carbons (Fsp3) is 0.548. The molecule has 0 bridgehead atoms. The summed E-state index contributed by atoms with van der Waals surface area (Å²) in [6, 6.07) is 8.41. The normalized spacial score (nSPS) is 39.8. The number of aliphatic hydroxyl groups is 3. The zero-order chi connectivity index (χ0) is 27.0. The predicted molar refractivity (Wildman–Crippen MR) is 156 cm³/mol. The van der Waals surface area contributed by atoms with Gasteiger partial charge in [-0.2, -0.15) is 5.10 Å². The van der Waals surface area contributed by atoms with Crippen LogP contribution in [-0.2, 0) is 11.2 Å². The highest BCUT2D eigenvalue weighted by Crippen LogP contribution is 2.68. The average Bonchev–Trinajstić information content (AvgIpc) is 3.38. The number of carbonyl (C=O) groups is 1. The molecule has 0 saturated heterocycles. The van der Waals surface area contributed by atoms with Crippen LogP contribution in [0, 0.1) is 34.5 Å². The molecule has 202 valence electrons. The van der Waals surface area contributed by atoms with Crippen molar-refractivity contribution in [2.24, 2.45) is 34.5 Å². The number of hydrogen-bond acceptors (Lipinski definition) is 5. The fourth-order valence-corrected chi connectivity index (χ4v) is 9.65. The lowest BCUT2D eigenvalue weighted by Crippen LogP contribution is -2.63. The van der Waals surface area contributed by atoms with Crippen LogP contribution in [0.2, 0.25) is 0 Å². The van der Waals surface area contributed by atoms with Crippen molar-refractivity contribution in [3.05, 3.63) is 56.9 Å². The molecule has 8 atom stereocenters. The maximum absolute atomic E-state index is 12.9. The summed E-state index contributed by atoms with van der Waals surface area (Å²) in [4.78, 5) is 12.9. The first-order chi connectivity index (χ1) is 18.1. The maximum atomic E-state index is 12.9. The molecule has 3 N–H and O–H groups in total. The summed E-state index contributed by atoms with van der Waals surface area (Å²) < 4.78 is 4.03. The van der Waals surface area contributed by atoms with Gasteiger partial charge in [-0.25, -0.2) is 4.68 Å². The van der Waals surface area contributed by atoms with Crippen molar-refractivity contribution in [1.29, 1.82) is 0 Å². The van der Waals surface area contributed by atoms with E-state index < -0.39 is 29.5 Å². The quantitative estimate of drug-likeness (QED) is 0.416. The monoisotopic (exact) mass is 628 g/mol. The van der Waals surface area contributed by atoms with Crippen molar-refractivity contribution in [1.82, 2.24) is 9.78 Å². The van der Waals surface area contributed by atoms with Crippen LogP contribution in [0.5, 0.6) is 0 Å². The van der Waals surface area contributed by atoms with E-state index in [9.17, 15) is 20.1 Å². The first kappa shape index (κ1) is 26.4. The second-order valence-corrected chi connectivity index (χ2v) is 13.3. The molecule has 1 heterocycles. The van der Waals surface area contributed by atoms with Gasteiger partial charge < -0.3 is 15.3 Å². The molecule has 3 saturated carbocycles. The molecule has 1 aromatic carbocycles. The van der Waals surface area contributed by atoms with E-state index in [2.05, 4.69) is 65.9 Å². The van der Waals surface area contributed by atoms with Crippen LogP contribution >= 0.6 is 22.6 Å². The van der Waals surface area contributed by atoms with Gasteiger partial charge in [0, 0.05) is 5.41 Å². The van der Waals surface area contributed by atoms with E-state index in [1.807, 2.05) is 28.8 Å². The number of nitrogens with zero attached hydrogens (tertiary/aromatic N) is 2. The summed E-state index contributed by atoms with van der Waals surface area (Å²) in [5, 5.41) is 38.0. The third kappa shape index (κ3) is 3.47. The maximum Gasteiger partial charge on any atom is 0.190 e. The molecule has 7 heteroatoms. The zero-order valence-electron chi connectivity index (χ0n) is 22.3. The number of rotatable bonds is 4. The summed E-state index contributed by atoms with van der Waals surface area (Å²) in [5.41, 5.74) is 3.33. The topological polar surface area (TPSA) is 95.6 Å². The van der Waals surface area contributed by atoms with Gasteiger partial charge in [-0.3, -0.25) is 4.79 Å². The summed E-state index contributed by atoms with van der Waals surface area (Å²) in [6.07, 6.45) is 9.53. The standard InChI is InChI=1S/C31H37IN2O4/c1-18-12-24-23-9-6-21-13-25-20(16-33-34(25)22-7-4-19(5-8-22)10-11-32)14-29(21,2)28(23)26(36)15-30(24,3)31(18,38)27(37)17-35/h4-5,7-8,10-11,13,16,18,23-24,26,28,35-36,38H,6,9,12,14-15,17H2,1-3H3/b11-10-/t18-,23+,24+,26+,28-,29+,30+,31+/m1/s1. The van der Waals surface area contributed by atoms with Crippen molar-refractivity contribution in [3.63, 3.8) is 0 Å². The number of hydrogen-bond donors (Lipinski definition) is 3. The number of Topliss-reactive ketones (excluding diaryl/α,β-unsaturated/α-hetero) is 1. The number of aromatic nitrogens is 2. The number of halogens is 1. The predicted octanol–water partition coefficient (Wildman–Crippen LogP) is 4.97. The number of benzene rings is 1. The van der Waals surface area contributed by atoms with Crippen LogP contribution in [-0.4, -0.2) is 49.2 Å². The van der Waals surface area contributed by atoms with Crippen LogP contribution in [0.3, 0.4) is 0 Å². The first-order valence-corrected chi connectivity index (χ1v) is 15.0. The Hall–Kier alpha value is -1.81. The number of aliphatic hydroxyl groups excluding tert-OH is 2. The van der Waals surface area contributed by atoms with Crippen molar-refractivity contribution in [2.75, 3.05) is 6.61 Å². The smallest absolute Gasteiger partial charge is 0.190 e. The molecule has 0 radical (unpaired) electrons. The first-order valence-electron chi connectivity index (χ1n) is 13.8. The average molecular weight is 629 g/mol. The highest BCUT2D eigenvalue weighted by atomic mass is 127. The molecule has 0 aliphatic heterocycles. The lowest BCUT2D eigenvalue weighted by atomic mass is 9.45. The molecule has 38 heavy (non-hydrogen) atoms. The lowest BCUT2D eigenvalue weighted by molar-refractivity contribution is -0.186. The Morgan fingerprint density at radius 3 is 2.68 bits per heavy atom. The zero-order valence-corrected chi connectivity index (χ0v) is 24.4. The lowest BCUT2D eigenvalue weighted by Gasteiger charge is -2.60. The third-order valence-electron chi connectivity index (χ3n) is 11.0. The summed E-state index contributed by atoms with van der Waals surface area (Å²) >= 11 is 2.23. The number of allylic oxidation sites excluding steroid dienone is 1.